The molecule has 0 amide bonds. The van der Waals surface area contributed by atoms with E-state index < -0.39 is 5.97 Å². The highest BCUT2D eigenvalue weighted by Crippen LogP contribution is 2.24. The molecule has 0 spiro atoms. The number of rotatable bonds is 4. The van der Waals surface area contributed by atoms with Crippen LogP contribution in [-0.2, 0) is 6.61 Å². The first kappa shape index (κ1) is 11.1. The minimum atomic E-state index is -1.03. The van der Waals surface area contributed by atoms with E-state index in [-0.39, 0.29) is 12.2 Å². The first-order chi connectivity index (χ1) is 8.18. The second-order valence-electron chi connectivity index (χ2n) is 3.39. The molecule has 1 aromatic heterocycles. The molecular weight excluding hydrogens is 224 g/mol. The smallest absolute Gasteiger partial charge is 0.339 e. The summed E-state index contributed by atoms with van der Waals surface area (Å²) in [6, 6.07) is 4.93. The number of nitrogens with zero attached hydrogens (tertiary/aromatic N) is 2. The van der Waals surface area contributed by atoms with Crippen molar-refractivity contribution < 1.29 is 19.2 Å². The highest BCUT2D eigenvalue weighted by molar-refractivity contribution is 5.91. The standard InChI is InChI=1S/C11H10N2O4/c1-7-3-2-4-8(11(14)15)10(7)16-5-9-12-6-17-13-9/h2-4,6H,5H2,1H3,(H,14,15). The fourth-order valence-electron chi connectivity index (χ4n) is 1.41. The van der Waals surface area contributed by atoms with Gasteiger partial charge in [0.2, 0.25) is 12.2 Å². The molecule has 6 heteroatoms. The number of aromatic nitrogens is 2. The van der Waals surface area contributed by atoms with Gasteiger partial charge in [0.15, 0.2) is 6.61 Å². The first-order valence-corrected chi connectivity index (χ1v) is 4.89. The molecule has 0 aliphatic carbocycles. The molecule has 0 saturated carbocycles. The number of carbonyl (C=O) groups is 1. The number of aryl methyl sites for hydroxylation is 1. The van der Waals surface area contributed by atoms with Gasteiger partial charge in [-0.15, -0.1) is 0 Å². The molecule has 2 rings (SSSR count). The van der Waals surface area contributed by atoms with Crippen LogP contribution in [0, 0.1) is 6.92 Å². The quantitative estimate of drug-likeness (QED) is 0.865. The van der Waals surface area contributed by atoms with Gasteiger partial charge in [0.05, 0.1) is 0 Å². The maximum atomic E-state index is 11.0. The molecule has 88 valence electrons. The second kappa shape index (κ2) is 4.65. The van der Waals surface area contributed by atoms with Gasteiger partial charge in [-0.05, 0) is 18.6 Å². The molecule has 2 aromatic rings. The van der Waals surface area contributed by atoms with Crippen molar-refractivity contribution in [2.24, 2.45) is 0 Å². The van der Waals surface area contributed by atoms with Gasteiger partial charge in [-0.3, -0.25) is 0 Å². The number of benzene rings is 1. The summed E-state index contributed by atoms with van der Waals surface area (Å²) in [4.78, 5) is 14.8. The van der Waals surface area contributed by atoms with Crippen molar-refractivity contribution in [3.8, 4) is 5.75 Å². The van der Waals surface area contributed by atoms with Crippen molar-refractivity contribution in [3.63, 3.8) is 0 Å². The summed E-state index contributed by atoms with van der Waals surface area (Å²) in [6.45, 7) is 1.85. The van der Waals surface area contributed by atoms with Crippen molar-refractivity contribution in [3.05, 3.63) is 41.5 Å². The Balaban J connectivity index is 2.22. The predicted molar refractivity (Wildman–Crippen MR) is 56.8 cm³/mol. The van der Waals surface area contributed by atoms with Gasteiger partial charge < -0.3 is 14.4 Å². The average Bonchev–Trinajstić information content (AvgIpc) is 2.80. The highest BCUT2D eigenvalue weighted by atomic mass is 16.5. The molecule has 17 heavy (non-hydrogen) atoms. The normalized spacial score (nSPS) is 10.2. The van der Waals surface area contributed by atoms with E-state index in [1.54, 1.807) is 19.1 Å². The van der Waals surface area contributed by atoms with Crippen molar-refractivity contribution in [2.45, 2.75) is 13.5 Å². The number of aromatic carboxylic acids is 1. The first-order valence-electron chi connectivity index (χ1n) is 4.89. The molecular formula is C11H10N2O4. The number of carboxylic acids is 1. The Hall–Kier alpha value is -2.37. The number of hydrogen-bond acceptors (Lipinski definition) is 5. The van der Waals surface area contributed by atoms with Gasteiger partial charge >= 0.3 is 5.97 Å². The Morgan fingerprint density at radius 2 is 2.35 bits per heavy atom. The zero-order valence-electron chi connectivity index (χ0n) is 9.08. The summed E-state index contributed by atoms with van der Waals surface area (Å²) in [7, 11) is 0. The van der Waals surface area contributed by atoms with Gasteiger partial charge in [-0.1, -0.05) is 17.3 Å². The van der Waals surface area contributed by atoms with E-state index in [4.69, 9.17) is 9.84 Å². The molecule has 0 bridgehead atoms. The van der Waals surface area contributed by atoms with E-state index in [1.165, 1.54) is 12.5 Å². The molecule has 0 radical (unpaired) electrons. The minimum absolute atomic E-state index is 0.0711. The van der Waals surface area contributed by atoms with Crippen LogP contribution >= 0.6 is 0 Å². The lowest BCUT2D eigenvalue weighted by Crippen LogP contribution is -2.05. The van der Waals surface area contributed by atoms with Crippen LogP contribution in [0.2, 0.25) is 0 Å². The van der Waals surface area contributed by atoms with Crippen LogP contribution in [0.25, 0.3) is 0 Å². The van der Waals surface area contributed by atoms with Crippen molar-refractivity contribution in [1.82, 2.24) is 10.1 Å². The lowest BCUT2D eigenvalue weighted by molar-refractivity contribution is 0.0691. The number of hydrogen-bond donors (Lipinski definition) is 1. The minimum Gasteiger partial charge on any atom is -0.484 e. The van der Waals surface area contributed by atoms with Crippen molar-refractivity contribution in [1.29, 1.82) is 0 Å². The zero-order chi connectivity index (χ0) is 12.3. The summed E-state index contributed by atoms with van der Waals surface area (Å²) in [5.74, 6) is -0.341. The molecule has 1 aromatic carbocycles. The average molecular weight is 234 g/mol. The third-order valence-electron chi connectivity index (χ3n) is 2.19. The van der Waals surface area contributed by atoms with Gasteiger partial charge in [-0.25, -0.2) is 4.79 Å². The van der Waals surface area contributed by atoms with Gasteiger partial charge in [0, 0.05) is 0 Å². The Morgan fingerprint density at radius 3 is 3.00 bits per heavy atom. The number of ether oxygens (including phenoxy) is 1. The van der Waals surface area contributed by atoms with E-state index >= 15 is 0 Å². The molecule has 6 nitrogen and oxygen atoms in total. The van der Waals surface area contributed by atoms with E-state index in [0.29, 0.717) is 11.6 Å². The SMILES string of the molecule is Cc1cccc(C(=O)O)c1OCc1ncon1. The van der Waals surface area contributed by atoms with Crippen LogP contribution in [0.3, 0.4) is 0 Å². The topological polar surface area (TPSA) is 85.5 Å². The molecule has 0 saturated heterocycles. The third-order valence-corrected chi connectivity index (χ3v) is 2.19. The zero-order valence-corrected chi connectivity index (χ0v) is 9.08. The largest absolute Gasteiger partial charge is 0.484 e. The van der Waals surface area contributed by atoms with E-state index in [1.807, 2.05) is 0 Å². The van der Waals surface area contributed by atoms with Crippen LogP contribution in [0.5, 0.6) is 5.75 Å². The van der Waals surface area contributed by atoms with Gasteiger partial charge in [-0.2, -0.15) is 4.98 Å². The molecule has 1 N–H and O–H groups in total. The third kappa shape index (κ3) is 2.41. The monoisotopic (exact) mass is 234 g/mol. The van der Waals surface area contributed by atoms with Crippen molar-refractivity contribution in [2.75, 3.05) is 0 Å². The van der Waals surface area contributed by atoms with Gasteiger partial charge in [0.25, 0.3) is 0 Å². The van der Waals surface area contributed by atoms with E-state index in [0.717, 1.165) is 5.56 Å². The molecule has 1 heterocycles. The van der Waals surface area contributed by atoms with Crippen LogP contribution in [0.1, 0.15) is 21.7 Å². The fourth-order valence-corrected chi connectivity index (χ4v) is 1.41. The maximum absolute atomic E-state index is 11.0. The van der Waals surface area contributed by atoms with Crippen LogP contribution < -0.4 is 4.74 Å². The Bertz CT molecular complexity index is 522. The number of para-hydroxylation sites is 1. The molecule has 0 aliphatic heterocycles. The molecule has 0 fully saturated rings. The summed E-state index contributed by atoms with van der Waals surface area (Å²) >= 11 is 0. The molecule has 0 aliphatic rings. The van der Waals surface area contributed by atoms with Crippen LogP contribution in [0.15, 0.2) is 29.1 Å². The lowest BCUT2D eigenvalue weighted by atomic mass is 10.1. The van der Waals surface area contributed by atoms with Gasteiger partial charge in [0.1, 0.15) is 11.3 Å². The number of carboxylic acid groups (broad SMARTS) is 1. The Labute approximate surface area is 96.8 Å². The fraction of sp³-hybridized carbons (Fsp3) is 0.182. The summed E-state index contributed by atoms with van der Waals surface area (Å²) in [6.07, 6.45) is 1.19. The summed E-state index contributed by atoms with van der Waals surface area (Å²) < 4.78 is 9.96. The highest BCUT2D eigenvalue weighted by Gasteiger charge is 2.14. The van der Waals surface area contributed by atoms with E-state index in [2.05, 4.69) is 14.7 Å². The lowest BCUT2D eigenvalue weighted by Gasteiger charge is -2.09. The van der Waals surface area contributed by atoms with Crippen LogP contribution in [-0.4, -0.2) is 21.2 Å². The van der Waals surface area contributed by atoms with Crippen LogP contribution in [0.4, 0.5) is 0 Å². The summed E-state index contributed by atoms with van der Waals surface area (Å²) in [5.41, 5.74) is 0.863. The maximum Gasteiger partial charge on any atom is 0.339 e. The van der Waals surface area contributed by atoms with Crippen molar-refractivity contribution >= 4 is 5.97 Å². The predicted octanol–water partition coefficient (Wildman–Crippen LogP) is 1.66. The Kier molecular flexibility index (Phi) is 3.04. The second-order valence-corrected chi connectivity index (χ2v) is 3.39. The van der Waals surface area contributed by atoms with E-state index in [9.17, 15) is 4.79 Å². The molecule has 0 atom stereocenters. The molecule has 0 unspecified atom stereocenters. The Morgan fingerprint density at radius 1 is 1.53 bits per heavy atom. The summed E-state index contributed by atoms with van der Waals surface area (Å²) in [5, 5.41) is 12.6.